The zero-order valence-electron chi connectivity index (χ0n) is 15.7. The van der Waals surface area contributed by atoms with E-state index >= 15 is 0 Å². The molecule has 0 aromatic heterocycles. The summed E-state index contributed by atoms with van der Waals surface area (Å²) in [5.41, 5.74) is 0. The van der Waals surface area contributed by atoms with Gasteiger partial charge in [-0.15, -0.1) is 0 Å². The number of ketones is 5. The summed E-state index contributed by atoms with van der Waals surface area (Å²) in [6.45, 7) is 0. The van der Waals surface area contributed by atoms with Crippen LogP contribution in [0, 0.1) is 0 Å². The van der Waals surface area contributed by atoms with Crippen molar-refractivity contribution in [3.63, 3.8) is 0 Å². The number of carbonyl (C=O) groups is 7. The van der Waals surface area contributed by atoms with Crippen molar-refractivity contribution in [1.82, 2.24) is 0 Å². The summed E-state index contributed by atoms with van der Waals surface area (Å²) in [6.07, 6.45) is -1.10. The molecule has 9 heteroatoms. The lowest BCUT2D eigenvalue weighted by molar-refractivity contribution is -0.139. The molecule has 0 aromatic rings. The Morgan fingerprint density at radius 1 is 0.321 bits per heavy atom. The van der Waals surface area contributed by atoms with Gasteiger partial charge in [0.05, 0.1) is 12.8 Å². The minimum atomic E-state index is -1.08. The van der Waals surface area contributed by atoms with Crippen molar-refractivity contribution in [2.24, 2.45) is 0 Å². The molecular weight excluding hydrogens is 372 g/mol. The molecule has 0 radical (unpaired) electrons. The van der Waals surface area contributed by atoms with Crippen LogP contribution in [0.25, 0.3) is 0 Å². The summed E-state index contributed by atoms with van der Waals surface area (Å²) in [4.78, 5) is 78.4. The highest BCUT2D eigenvalue weighted by Crippen LogP contribution is 2.08. The van der Waals surface area contributed by atoms with E-state index in [2.05, 4.69) is 0 Å². The predicted molar refractivity (Wildman–Crippen MR) is 95.7 cm³/mol. The van der Waals surface area contributed by atoms with Crippen LogP contribution in [0.5, 0.6) is 0 Å². The highest BCUT2D eigenvalue weighted by atomic mass is 16.4. The molecule has 0 saturated heterocycles. The fourth-order valence-electron chi connectivity index (χ4n) is 2.23. The Kier molecular flexibility index (Phi) is 13.0. The second-order valence-electron chi connectivity index (χ2n) is 6.48. The van der Waals surface area contributed by atoms with E-state index in [0.29, 0.717) is 0 Å². The SMILES string of the molecule is O=C(O)CCC(=O)CCC(=O)CCC(=O)CCC(=O)CCC(=O)CCC(=O)O. The lowest BCUT2D eigenvalue weighted by Crippen LogP contribution is -2.10. The third-order valence-corrected chi connectivity index (χ3v) is 3.97. The Labute approximate surface area is 162 Å². The van der Waals surface area contributed by atoms with Crippen molar-refractivity contribution >= 4 is 40.9 Å². The normalized spacial score (nSPS) is 10.3. The molecule has 28 heavy (non-hydrogen) atoms. The van der Waals surface area contributed by atoms with Crippen LogP contribution in [0.3, 0.4) is 0 Å². The molecule has 0 rings (SSSR count). The van der Waals surface area contributed by atoms with Crippen LogP contribution in [0.1, 0.15) is 77.0 Å². The van der Waals surface area contributed by atoms with Gasteiger partial charge in [0.15, 0.2) is 0 Å². The number of carbonyl (C=O) groups excluding carboxylic acids is 5. The zero-order valence-corrected chi connectivity index (χ0v) is 15.7. The molecule has 0 aliphatic carbocycles. The molecule has 9 nitrogen and oxygen atoms in total. The van der Waals surface area contributed by atoms with Gasteiger partial charge in [0.2, 0.25) is 0 Å². The average Bonchev–Trinajstić information content (AvgIpc) is 2.63. The van der Waals surface area contributed by atoms with Crippen LogP contribution in [0.4, 0.5) is 0 Å². The third kappa shape index (κ3) is 15.5. The van der Waals surface area contributed by atoms with Gasteiger partial charge in [0.25, 0.3) is 0 Å². The van der Waals surface area contributed by atoms with Crippen LogP contribution in [-0.2, 0) is 33.6 Å². The van der Waals surface area contributed by atoms with E-state index in [1.165, 1.54) is 0 Å². The Bertz CT molecular complexity index is 567. The largest absolute Gasteiger partial charge is 0.481 e. The third-order valence-electron chi connectivity index (χ3n) is 3.97. The van der Waals surface area contributed by atoms with Gasteiger partial charge in [-0.2, -0.15) is 0 Å². The van der Waals surface area contributed by atoms with Gasteiger partial charge in [-0.05, 0) is 0 Å². The molecule has 0 heterocycles. The number of aliphatic carboxylic acids is 2. The first-order valence-corrected chi connectivity index (χ1v) is 9.12. The van der Waals surface area contributed by atoms with E-state index in [9.17, 15) is 33.6 Å². The second kappa shape index (κ2) is 14.4. The molecule has 0 unspecified atom stereocenters. The molecule has 0 aliphatic heterocycles. The van der Waals surface area contributed by atoms with Crippen molar-refractivity contribution in [3.05, 3.63) is 0 Å². The Morgan fingerprint density at radius 2 is 0.464 bits per heavy atom. The van der Waals surface area contributed by atoms with Crippen molar-refractivity contribution in [2.75, 3.05) is 0 Å². The highest BCUT2D eigenvalue weighted by molar-refractivity contribution is 5.92. The molecule has 0 aromatic carbocycles. The molecule has 0 aliphatic rings. The minimum Gasteiger partial charge on any atom is -0.481 e. The van der Waals surface area contributed by atoms with Crippen molar-refractivity contribution < 1.29 is 43.8 Å². The van der Waals surface area contributed by atoms with Gasteiger partial charge in [0.1, 0.15) is 28.9 Å². The Hall–Kier alpha value is -2.71. The monoisotopic (exact) mass is 398 g/mol. The summed E-state index contributed by atoms with van der Waals surface area (Å²) in [5.74, 6) is -3.60. The summed E-state index contributed by atoms with van der Waals surface area (Å²) in [6, 6.07) is 0. The first-order valence-electron chi connectivity index (χ1n) is 9.12. The van der Waals surface area contributed by atoms with E-state index in [-0.39, 0.29) is 106 Å². The molecule has 156 valence electrons. The average molecular weight is 398 g/mol. The fourth-order valence-corrected chi connectivity index (χ4v) is 2.23. The van der Waals surface area contributed by atoms with E-state index in [4.69, 9.17) is 10.2 Å². The van der Waals surface area contributed by atoms with Crippen molar-refractivity contribution in [1.29, 1.82) is 0 Å². The first-order chi connectivity index (χ1) is 13.1. The Balaban J connectivity index is 3.85. The smallest absolute Gasteiger partial charge is 0.303 e. The molecule has 0 bridgehead atoms. The summed E-state index contributed by atoms with van der Waals surface area (Å²) >= 11 is 0. The molecular formula is C19H26O9. The number of hydrogen-bond donors (Lipinski definition) is 2. The van der Waals surface area contributed by atoms with Crippen molar-refractivity contribution in [3.8, 4) is 0 Å². The molecule has 0 saturated carbocycles. The number of rotatable bonds is 18. The first kappa shape index (κ1) is 25.3. The second-order valence-corrected chi connectivity index (χ2v) is 6.48. The van der Waals surface area contributed by atoms with Gasteiger partial charge < -0.3 is 10.2 Å². The Morgan fingerprint density at radius 3 is 0.607 bits per heavy atom. The quantitative estimate of drug-likeness (QED) is 0.350. The maximum absolute atomic E-state index is 11.7. The van der Waals surface area contributed by atoms with Gasteiger partial charge >= 0.3 is 11.9 Å². The van der Waals surface area contributed by atoms with Gasteiger partial charge in [-0.1, -0.05) is 0 Å². The maximum atomic E-state index is 11.7. The van der Waals surface area contributed by atoms with Crippen LogP contribution in [-0.4, -0.2) is 51.1 Å². The number of carboxylic acids is 2. The van der Waals surface area contributed by atoms with Crippen LogP contribution < -0.4 is 0 Å². The van der Waals surface area contributed by atoms with Crippen LogP contribution in [0.15, 0.2) is 0 Å². The summed E-state index contributed by atoms with van der Waals surface area (Å²) in [5, 5.41) is 16.9. The number of hydrogen-bond acceptors (Lipinski definition) is 7. The molecule has 0 atom stereocenters. The van der Waals surface area contributed by atoms with E-state index in [1.807, 2.05) is 0 Å². The van der Waals surface area contributed by atoms with E-state index in [0.717, 1.165) is 0 Å². The fraction of sp³-hybridized carbons (Fsp3) is 0.632. The molecule has 0 fully saturated rings. The van der Waals surface area contributed by atoms with Gasteiger partial charge in [-0.3, -0.25) is 33.6 Å². The van der Waals surface area contributed by atoms with Gasteiger partial charge in [-0.25, -0.2) is 0 Å². The van der Waals surface area contributed by atoms with Crippen molar-refractivity contribution in [2.45, 2.75) is 77.0 Å². The minimum absolute atomic E-state index is 0.0348. The lowest BCUT2D eigenvalue weighted by atomic mass is 10.0. The zero-order chi connectivity index (χ0) is 21.5. The summed E-state index contributed by atoms with van der Waals surface area (Å²) in [7, 11) is 0. The van der Waals surface area contributed by atoms with E-state index in [1.54, 1.807) is 0 Å². The number of carboxylic acid groups (broad SMARTS) is 2. The highest BCUT2D eigenvalue weighted by Gasteiger charge is 2.13. The topological polar surface area (TPSA) is 160 Å². The molecule has 2 N–H and O–H groups in total. The summed E-state index contributed by atoms with van der Waals surface area (Å²) < 4.78 is 0. The predicted octanol–water partition coefficient (Wildman–Crippen LogP) is 1.68. The standard InChI is InChI=1S/C19H26O9/c20-13(1-3-14(21)5-7-16(23)9-11-18(25)26)2-4-15(22)6-8-17(24)10-12-19(27)28/h1-12H2,(H,25,26)(H,27,28). The number of Topliss-reactive ketones (excluding diaryl/α,β-unsaturated/α-hetero) is 5. The van der Waals surface area contributed by atoms with Gasteiger partial charge in [0, 0.05) is 64.2 Å². The molecule has 0 amide bonds. The molecule has 0 spiro atoms. The maximum Gasteiger partial charge on any atom is 0.303 e. The lowest BCUT2D eigenvalue weighted by Gasteiger charge is -2.02. The van der Waals surface area contributed by atoms with Crippen LogP contribution >= 0.6 is 0 Å². The van der Waals surface area contributed by atoms with Crippen LogP contribution in [0.2, 0.25) is 0 Å². The van der Waals surface area contributed by atoms with E-state index < -0.39 is 11.9 Å².